The Bertz CT molecular complexity index is 407. The lowest BCUT2D eigenvalue weighted by molar-refractivity contribution is 0.0585. The van der Waals surface area contributed by atoms with Gasteiger partial charge in [-0.15, -0.1) is 0 Å². The average Bonchev–Trinajstić information content (AvgIpc) is 2.58. The van der Waals surface area contributed by atoms with Gasteiger partial charge in [0.1, 0.15) is 5.60 Å². The van der Waals surface area contributed by atoms with E-state index in [0.29, 0.717) is 6.54 Å². The fraction of sp³-hybridized carbons (Fsp3) is 0.385. The van der Waals surface area contributed by atoms with Gasteiger partial charge in [0.25, 0.3) is 0 Å². The van der Waals surface area contributed by atoms with Crippen molar-refractivity contribution in [2.45, 2.75) is 26.4 Å². The highest BCUT2D eigenvalue weighted by molar-refractivity contribution is 5.91. The number of fused-ring (bicyclic) bond motifs is 1. The van der Waals surface area contributed by atoms with Crippen LogP contribution in [0, 0.1) is 6.42 Å². The van der Waals surface area contributed by atoms with E-state index < -0.39 is 5.60 Å². The highest BCUT2D eigenvalue weighted by atomic mass is 16.6. The molecule has 0 aromatic heterocycles. The zero-order chi connectivity index (χ0) is 11.8. The summed E-state index contributed by atoms with van der Waals surface area (Å²) in [7, 11) is 0. The van der Waals surface area contributed by atoms with Crippen LogP contribution < -0.4 is 4.90 Å². The second-order valence-electron chi connectivity index (χ2n) is 4.85. The molecule has 0 bridgehead atoms. The Morgan fingerprint density at radius 3 is 2.69 bits per heavy atom. The number of nitrogens with zero attached hydrogens (tertiary/aromatic N) is 1. The first-order chi connectivity index (χ1) is 7.47. The first-order valence-electron chi connectivity index (χ1n) is 5.40. The van der Waals surface area contributed by atoms with Gasteiger partial charge in [-0.1, -0.05) is 18.2 Å². The van der Waals surface area contributed by atoms with Gasteiger partial charge >= 0.3 is 6.09 Å². The standard InChI is InChI=1S/C13H16NO2/c1-13(2,3)16-12(15)14-9-8-10-6-4-5-7-11(10)14/h4-8H,9H2,1-3H3. The van der Waals surface area contributed by atoms with E-state index in [1.807, 2.05) is 51.5 Å². The molecule has 0 N–H and O–H groups in total. The molecule has 1 aromatic rings. The summed E-state index contributed by atoms with van der Waals surface area (Å²) in [5.74, 6) is 0. The Labute approximate surface area is 96.0 Å². The molecule has 0 spiro atoms. The maximum absolute atomic E-state index is 11.9. The predicted octanol–water partition coefficient (Wildman–Crippen LogP) is 2.99. The highest BCUT2D eigenvalue weighted by Crippen LogP contribution is 2.29. The van der Waals surface area contributed by atoms with Crippen LogP contribution >= 0.6 is 0 Å². The van der Waals surface area contributed by atoms with E-state index in [0.717, 1.165) is 11.3 Å². The summed E-state index contributed by atoms with van der Waals surface area (Å²) in [5, 5.41) is 0. The molecule has 1 heterocycles. The first-order valence-corrected chi connectivity index (χ1v) is 5.40. The van der Waals surface area contributed by atoms with Gasteiger partial charge in [-0.05, 0) is 32.4 Å². The summed E-state index contributed by atoms with van der Waals surface area (Å²) in [4.78, 5) is 13.6. The second-order valence-corrected chi connectivity index (χ2v) is 4.85. The van der Waals surface area contributed by atoms with Crippen molar-refractivity contribution >= 4 is 11.8 Å². The van der Waals surface area contributed by atoms with Crippen molar-refractivity contribution in [3.05, 3.63) is 36.2 Å². The van der Waals surface area contributed by atoms with Crippen LogP contribution in [0.2, 0.25) is 0 Å². The normalized spacial score (nSPS) is 14.8. The smallest absolute Gasteiger partial charge is 0.414 e. The lowest BCUT2D eigenvalue weighted by atomic mass is 10.2. The van der Waals surface area contributed by atoms with E-state index in [1.54, 1.807) is 4.90 Å². The van der Waals surface area contributed by atoms with E-state index in [4.69, 9.17) is 4.74 Å². The molecule has 1 radical (unpaired) electrons. The zero-order valence-corrected chi connectivity index (χ0v) is 9.86. The number of rotatable bonds is 0. The molecule has 16 heavy (non-hydrogen) atoms. The Kier molecular flexibility index (Phi) is 2.62. The molecule has 3 nitrogen and oxygen atoms in total. The first kappa shape index (κ1) is 11.0. The highest BCUT2D eigenvalue weighted by Gasteiger charge is 2.28. The molecule has 1 aliphatic heterocycles. The summed E-state index contributed by atoms with van der Waals surface area (Å²) in [5.41, 5.74) is 1.57. The van der Waals surface area contributed by atoms with Crippen LogP contribution in [0.15, 0.2) is 24.3 Å². The Balaban J connectivity index is 2.16. The van der Waals surface area contributed by atoms with E-state index in [1.165, 1.54) is 0 Å². The van der Waals surface area contributed by atoms with Crippen molar-refractivity contribution in [1.29, 1.82) is 0 Å². The van der Waals surface area contributed by atoms with Crippen molar-refractivity contribution in [2.75, 3.05) is 11.4 Å². The second kappa shape index (κ2) is 3.81. The van der Waals surface area contributed by atoms with Crippen LogP contribution in [0.1, 0.15) is 26.3 Å². The third-order valence-electron chi connectivity index (χ3n) is 2.34. The van der Waals surface area contributed by atoms with E-state index in [9.17, 15) is 4.79 Å². The number of ether oxygens (including phenoxy) is 1. The molecule has 0 atom stereocenters. The quantitative estimate of drug-likeness (QED) is 0.670. The number of benzene rings is 1. The van der Waals surface area contributed by atoms with Crippen molar-refractivity contribution < 1.29 is 9.53 Å². The van der Waals surface area contributed by atoms with Gasteiger partial charge < -0.3 is 4.74 Å². The largest absolute Gasteiger partial charge is 0.443 e. The molecule has 0 saturated heterocycles. The molecule has 0 fully saturated rings. The zero-order valence-electron chi connectivity index (χ0n) is 9.86. The predicted molar refractivity (Wildman–Crippen MR) is 63.4 cm³/mol. The minimum Gasteiger partial charge on any atom is -0.443 e. The van der Waals surface area contributed by atoms with Crippen LogP contribution in [0.4, 0.5) is 10.5 Å². The molecule has 2 rings (SSSR count). The molecular formula is C13H16NO2. The van der Waals surface area contributed by atoms with Crippen LogP contribution in [0.25, 0.3) is 0 Å². The summed E-state index contributed by atoms with van der Waals surface area (Å²) >= 11 is 0. The fourth-order valence-electron chi connectivity index (χ4n) is 1.68. The maximum Gasteiger partial charge on any atom is 0.414 e. The summed E-state index contributed by atoms with van der Waals surface area (Å²) in [6.07, 6.45) is 1.74. The SMILES string of the molecule is CC(C)(C)OC(=O)N1C[CH]c2ccccc21. The molecule has 1 aromatic carbocycles. The Hall–Kier alpha value is -1.51. The number of hydrogen-bond acceptors (Lipinski definition) is 2. The monoisotopic (exact) mass is 218 g/mol. The van der Waals surface area contributed by atoms with Gasteiger partial charge in [0.15, 0.2) is 0 Å². The average molecular weight is 218 g/mol. The molecule has 3 heteroatoms. The van der Waals surface area contributed by atoms with E-state index >= 15 is 0 Å². The molecular weight excluding hydrogens is 202 g/mol. The van der Waals surface area contributed by atoms with Crippen LogP contribution in [-0.4, -0.2) is 18.2 Å². The Morgan fingerprint density at radius 1 is 1.31 bits per heavy atom. The third-order valence-corrected chi connectivity index (χ3v) is 2.34. The van der Waals surface area contributed by atoms with Crippen LogP contribution in [-0.2, 0) is 4.74 Å². The van der Waals surface area contributed by atoms with Crippen molar-refractivity contribution in [3.63, 3.8) is 0 Å². The van der Waals surface area contributed by atoms with Gasteiger partial charge in [0, 0.05) is 13.0 Å². The maximum atomic E-state index is 11.9. The number of anilines is 1. The molecule has 1 amide bonds. The van der Waals surface area contributed by atoms with Gasteiger partial charge in [-0.25, -0.2) is 4.79 Å². The third kappa shape index (κ3) is 2.18. The fourth-order valence-corrected chi connectivity index (χ4v) is 1.68. The summed E-state index contributed by atoms with van der Waals surface area (Å²) in [6.45, 7) is 6.21. The van der Waals surface area contributed by atoms with Crippen molar-refractivity contribution in [3.8, 4) is 0 Å². The van der Waals surface area contributed by atoms with Gasteiger partial charge in [-0.2, -0.15) is 0 Å². The van der Waals surface area contributed by atoms with Crippen molar-refractivity contribution in [2.24, 2.45) is 0 Å². The van der Waals surface area contributed by atoms with Crippen molar-refractivity contribution in [1.82, 2.24) is 0 Å². The molecule has 0 unspecified atom stereocenters. The summed E-state index contributed by atoms with van der Waals surface area (Å²) in [6, 6.07) is 7.83. The van der Waals surface area contributed by atoms with E-state index in [-0.39, 0.29) is 6.09 Å². The number of amides is 1. The molecule has 0 aliphatic carbocycles. The molecule has 85 valence electrons. The van der Waals surface area contributed by atoms with Gasteiger partial charge in [0.05, 0.1) is 5.69 Å². The number of para-hydroxylation sites is 1. The van der Waals surface area contributed by atoms with Gasteiger partial charge in [-0.3, -0.25) is 4.90 Å². The molecule has 0 saturated carbocycles. The lowest BCUT2D eigenvalue weighted by Gasteiger charge is -2.24. The minimum absolute atomic E-state index is 0.284. The minimum atomic E-state index is -0.450. The van der Waals surface area contributed by atoms with Crippen LogP contribution in [0.5, 0.6) is 0 Å². The van der Waals surface area contributed by atoms with Gasteiger partial charge in [0.2, 0.25) is 0 Å². The topological polar surface area (TPSA) is 29.5 Å². The molecule has 1 aliphatic rings. The lowest BCUT2D eigenvalue weighted by Crippen LogP contribution is -2.35. The Morgan fingerprint density at radius 2 is 2.00 bits per heavy atom. The number of carbonyl (C=O) groups excluding carboxylic acids is 1. The number of carbonyl (C=O) groups is 1. The van der Waals surface area contributed by atoms with Crippen LogP contribution in [0.3, 0.4) is 0 Å². The summed E-state index contributed by atoms with van der Waals surface area (Å²) < 4.78 is 5.35. The number of hydrogen-bond donors (Lipinski definition) is 0. The van der Waals surface area contributed by atoms with E-state index in [2.05, 4.69) is 0 Å².